The minimum Gasteiger partial charge on any atom is -0.206 e. The van der Waals surface area contributed by atoms with E-state index in [2.05, 4.69) is 37.3 Å². The highest BCUT2D eigenvalue weighted by atomic mass is 19.1. The van der Waals surface area contributed by atoms with Crippen LogP contribution in [0.25, 0.3) is 22.3 Å². The van der Waals surface area contributed by atoms with Gasteiger partial charge < -0.3 is 0 Å². The molecule has 0 saturated carbocycles. The molecule has 0 aliphatic carbocycles. The van der Waals surface area contributed by atoms with Crippen molar-refractivity contribution < 1.29 is 4.39 Å². The second kappa shape index (κ2) is 10.8. The lowest BCUT2D eigenvalue weighted by molar-refractivity contribution is 0.589. The van der Waals surface area contributed by atoms with Crippen LogP contribution in [-0.2, 0) is 6.42 Å². The van der Waals surface area contributed by atoms with Crippen molar-refractivity contribution in [1.82, 2.24) is 0 Å². The maximum atomic E-state index is 14.3. The Morgan fingerprint density at radius 3 is 1.82 bits per heavy atom. The number of halogens is 1. The molecule has 3 aromatic rings. The fraction of sp³-hybridized carbons (Fsp3) is 0.333. The molecule has 0 aliphatic heterocycles. The fourth-order valence-corrected chi connectivity index (χ4v) is 3.79. The van der Waals surface area contributed by atoms with E-state index in [1.165, 1.54) is 56.6 Å². The van der Waals surface area contributed by atoms with E-state index in [-0.39, 0.29) is 5.82 Å². The summed E-state index contributed by atoms with van der Waals surface area (Å²) >= 11 is 0. The van der Waals surface area contributed by atoms with Crippen molar-refractivity contribution in [2.24, 2.45) is 0 Å². The quantitative estimate of drug-likeness (QED) is 0.312. The van der Waals surface area contributed by atoms with E-state index in [1.807, 2.05) is 30.3 Å². The molecule has 0 spiro atoms. The highest BCUT2D eigenvalue weighted by Gasteiger charge is 2.10. The summed E-state index contributed by atoms with van der Waals surface area (Å²) in [7, 11) is 0. The summed E-state index contributed by atoms with van der Waals surface area (Å²) in [5.74, 6) is -0.175. The van der Waals surface area contributed by atoms with E-state index in [1.54, 1.807) is 6.07 Å². The maximum Gasteiger partial charge on any atom is 0.131 e. The molecule has 0 N–H and O–H groups in total. The average Bonchev–Trinajstić information content (AvgIpc) is 2.74. The molecule has 0 nitrogen and oxygen atoms in total. The Labute approximate surface area is 169 Å². The van der Waals surface area contributed by atoms with Crippen LogP contribution in [0, 0.1) is 5.82 Å². The molecule has 3 aromatic carbocycles. The predicted octanol–water partition coefficient (Wildman–Crippen LogP) is 8.45. The van der Waals surface area contributed by atoms with Crippen molar-refractivity contribution in [3.05, 3.63) is 84.2 Å². The van der Waals surface area contributed by atoms with Crippen molar-refractivity contribution in [3.63, 3.8) is 0 Å². The van der Waals surface area contributed by atoms with Gasteiger partial charge in [0.25, 0.3) is 0 Å². The maximum absolute atomic E-state index is 14.3. The molecule has 28 heavy (non-hydrogen) atoms. The summed E-state index contributed by atoms with van der Waals surface area (Å²) in [5.41, 5.74) is 5.21. The Balaban J connectivity index is 1.64. The fourth-order valence-electron chi connectivity index (χ4n) is 3.79. The zero-order valence-corrected chi connectivity index (χ0v) is 17.0. The number of benzene rings is 3. The summed E-state index contributed by atoms with van der Waals surface area (Å²) in [6, 6.07) is 23.9. The van der Waals surface area contributed by atoms with Crippen LogP contribution in [-0.4, -0.2) is 0 Å². The van der Waals surface area contributed by atoms with Crippen molar-refractivity contribution in [2.45, 2.75) is 58.3 Å². The molecule has 0 unspecified atom stereocenters. The Kier molecular flexibility index (Phi) is 7.84. The third kappa shape index (κ3) is 5.55. The van der Waals surface area contributed by atoms with Gasteiger partial charge in [0, 0.05) is 5.56 Å². The Morgan fingerprint density at radius 1 is 0.571 bits per heavy atom. The van der Waals surface area contributed by atoms with Crippen LogP contribution < -0.4 is 0 Å². The Bertz CT molecular complexity index is 848. The molecule has 0 atom stereocenters. The standard InChI is InChI=1S/C27H31F/c1-2-3-4-5-6-7-8-13-22-18-20-23(21-19-22)24-14-9-10-15-25(24)26-16-11-12-17-27(26)28/h9-12,14-21H,2-8,13H2,1H3. The van der Waals surface area contributed by atoms with Crippen molar-refractivity contribution in [1.29, 1.82) is 0 Å². The first-order valence-electron chi connectivity index (χ1n) is 10.7. The second-order valence-electron chi connectivity index (χ2n) is 7.59. The van der Waals surface area contributed by atoms with Crippen LogP contribution in [0.5, 0.6) is 0 Å². The average molecular weight is 375 g/mol. The number of unbranched alkanes of at least 4 members (excludes halogenated alkanes) is 6. The van der Waals surface area contributed by atoms with Gasteiger partial charge in [-0.3, -0.25) is 0 Å². The normalized spacial score (nSPS) is 10.9. The zero-order valence-electron chi connectivity index (χ0n) is 17.0. The first-order chi connectivity index (χ1) is 13.8. The van der Waals surface area contributed by atoms with Gasteiger partial charge >= 0.3 is 0 Å². The van der Waals surface area contributed by atoms with E-state index in [0.717, 1.165) is 23.1 Å². The molecule has 0 saturated heterocycles. The highest BCUT2D eigenvalue weighted by Crippen LogP contribution is 2.33. The molecular weight excluding hydrogens is 343 g/mol. The molecule has 1 heteroatoms. The topological polar surface area (TPSA) is 0 Å². The monoisotopic (exact) mass is 374 g/mol. The van der Waals surface area contributed by atoms with Gasteiger partial charge in [-0.2, -0.15) is 0 Å². The minimum absolute atomic E-state index is 0.175. The van der Waals surface area contributed by atoms with Crippen LogP contribution in [0.15, 0.2) is 72.8 Å². The van der Waals surface area contributed by atoms with Crippen LogP contribution >= 0.6 is 0 Å². The molecule has 0 bridgehead atoms. The highest BCUT2D eigenvalue weighted by molar-refractivity contribution is 5.83. The zero-order chi connectivity index (χ0) is 19.6. The van der Waals surface area contributed by atoms with Gasteiger partial charge in [-0.25, -0.2) is 4.39 Å². The largest absolute Gasteiger partial charge is 0.206 e. The van der Waals surface area contributed by atoms with Crippen LogP contribution in [0.2, 0.25) is 0 Å². The van der Waals surface area contributed by atoms with Gasteiger partial charge in [0.1, 0.15) is 5.82 Å². The van der Waals surface area contributed by atoms with Crippen molar-refractivity contribution in [3.8, 4) is 22.3 Å². The molecule has 0 radical (unpaired) electrons. The summed E-state index contributed by atoms with van der Waals surface area (Å²) in [6.07, 6.45) is 10.5. The summed E-state index contributed by atoms with van der Waals surface area (Å²) < 4.78 is 14.3. The van der Waals surface area contributed by atoms with E-state index >= 15 is 0 Å². The molecule has 146 valence electrons. The van der Waals surface area contributed by atoms with Gasteiger partial charge in [0.15, 0.2) is 0 Å². The SMILES string of the molecule is CCCCCCCCCc1ccc(-c2ccccc2-c2ccccc2F)cc1. The van der Waals surface area contributed by atoms with Gasteiger partial charge in [0.2, 0.25) is 0 Å². The molecule has 0 heterocycles. The molecule has 0 aliphatic rings. The van der Waals surface area contributed by atoms with E-state index in [0.29, 0.717) is 5.56 Å². The molecule has 3 rings (SSSR count). The number of hydrogen-bond acceptors (Lipinski definition) is 0. The predicted molar refractivity (Wildman–Crippen MR) is 119 cm³/mol. The minimum atomic E-state index is -0.175. The summed E-state index contributed by atoms with van der Waals surface area (Å²) in [5, 5.41) is 0. The van der Waals surface area contributed by atoms with Crippen LogP contribution in [0.3, 0.4) is 0 Å². The summed E-state index contributed by atoms with van der Waals surface area (Å²) in [6.45, 7) is 2.26. The van der Waals surface area contributed by atoms with Crippen LogP contribution in [0.1, 0.15) is 57.4 Å². The molecule has 0 aromatic heterocycles. The summed E-state index contributed by atoms with van der Waals surface area (Å²) in [4.78, 5) is 0. The Morgan fingerprint density at radius 2 is 1.14 bits per heavy atom. The first-order valence-corrected chi connectivity index (χ1v) is 10.7. The first kappa shape index (κ1) is 20.3. The lowest BCUT2D eigenvalue weighted by atomic mass is 9.93. The second-order valence-corrected chi connectivity index (χ2v) is 7.59. The third-order valence-electron chi connectivity index (χ3n) is 5.43. The smallest absolute Gasteiger partial charge is 0.131 e. The third-order valence-corrected chi connectivity index (χ3v) is 5.43. The van der Waals surface area contributed by atoms with Crippen molar-refractivity contribution in [2.75, 3.05) is 0 Å². The number of hydrogen-bond donors (Lipinski definition) is 0. The number of aryl methyl sites for hydroxylation is 1. The van der Waals surface area contributed by atoms with Crippen LogP contribution in [0.4, 0.5) is 4.39 Å². The van der Waals surface area contributed by atoms with E-state index in [4.69, 9.17) is 0 Å². The molecule has 0 amide bonds. The lowest BCUT2D eigenvalue weighted by Crippen LogP contribution is -1.90. The lowest BCUT2D eigenvalue weighted by Gasteiger charge is -2.11. The van der Waals surface area contributed by atoms with Gasteiger partial charge in [-0.1, -0.05) is 112 Å². The van der Waals surface area contributed by atoms with Crippen molar-refractivity contribution >= 4 is 0 Å². The molecule has 0 fully saturated rings. The van der Waals surface area contributed by atoms with Gasteiger partial charge in [0.05, 0.1) is 0 Å². The van der Waals surface area contributed by atoms with Gasteiger partial charge in [-0.05, 0) is 41.2 Å². The van der Waals surface area contributed by atoms with Gasteiger partial charge in [-0.15, -0.1) is 0 Å². The molecular formula is C27H31F. The Hall–Kier alpha value is -2.41. The van der Waals surface area contributed by atoms with E-state index < -0.39 is 0 Å². The number of rotatable bonds is 10. The van der Waals surface area contributed by atoms with E-state index in [9.17, 15) is 4.39 Å².